The van der Waals surface area contributed by atoms with Crippen LogP contribution in [0.4, 0.5) is 0 Å². The summed E-state index contributed by atoms with van der Waals surface area (Å²) >= 11 is 0. The number of nitroso groups, excluding NO2 is 1. The molecule has 0 aromatic heterocycles. The van der Waals surface area contributed by atoms with Gasteiger partial charge in [0.1, 0.15) is 5.54 Å². The normalized spacial score (nSPS) is 43.5. The van der Waals surface area contributed by atoms with E-state index in [-0.39, 0.29) is 17.4 Å². The second-order valence-corrected chi connectivity index (χ2v) is 13.6. The van der Waals surface area contributed by atoms with Crippen molar-refractivity contribution >= 4 is 6.21 Å². The highest BCUT2D eigenvalue weighted by atomic mass is 16.5. The minimum Gasteiger partial charge on any atom is -0.379 e. The van der Waals surface area contributed by atoms with E-state index in [0.717, 1.165) is 76.0 Å². The van der Waals surface area contributed by atoms with Crippen molar-refractivity contribution in [3.05, 3.63) is 88.5 Å². The summed E-state index contributed by atoms with van der Waals surface area (Å²) in [5, 5.41) is 4.11. The number of aliphatic imine (C=N–C) groups is 1. The van der Waals surface area contributed by atoms with Crippen LogP contribution in [0, 0.1) is 28.1 Å². The Bertz CT molecular complexity index is 1260. The Morgan fingerprint density at radius 2 is 1.88 bits per heavy atom. The molecule has 0 radical (unpaired) electrons. The molecule has 2 heterocycles. The maximum absolute atomic E-state index is 13.1. The SMILES string of the molecule is C=C1/C=C\C([C@H]2CCC3[C@]2(C)CC=C2C=C4CC[C@@H](N5CCOCC5)CC4CC[C@@]23N=O)=C/C(=C)/C=N\C(C)/C=C\1. The standard InChI is InChI=1S/C36H47N3O2/c1-25-5-7-27(3)37-24-26(2)21-30(8-6-25)33-11-12-34-35(33,4)15-14-31-22-28-9-10-32(39-17-19-41-20-18-39)23-29(28)13-16-36(31,34)38-40/h5-8,14,21-22,24,27,29,32-34H,1-2,9-13,15-20,23H2,3-4H3/b7-5-,8-6-,30-21+,37-24-/t27?,29?,32-,33-,34?,35-,36-/m1/s1. The van der Waals surface area contributed by atoms with E-state index in [1.165, 1.54) is 24.0 Å². The van der Waals surface area contributed by atoms with Crippen molar-refractivity contribution in [2.45, 2.75) is 82.8 Å². The van der Waals surface area contributed by atoms with Crippen molar-refractivity contribution in [3.63, 3.8) is 0 Å². The number of hydrogen-bond donors (Lipinski definition) is 0. The fourth-order valence-corrected chi connectivity index (χ4v) is 9.02. The van der Waals surface area contributed by atoms with E-state index in [2.05, 4.69) is 78.5 Å². The van der Waals surface area contributed by atoms with Crippen LogP contribution in [-0.4, -0.2) is 55.0 Å². The molecule has 6 aliphatic rings. The predicted molar refractivity (Wildman–Crippen MR) is 169 cm³/mol. The van der Waals surface area contributed by atoms with Crippen LogP contribution in [0.15, 0.2) is 93.7 Å². The minimum absolute atomic E-state index is 0.0417. The Labute approximate surface area is 246 Å². The molecule has 5 nitrogen and oxygen atoms in total. The van der Waals surface area contributed by atoms with Crippen molar-refractivity contribution in [1.82, 2.24) is 4.90 Å². The fraction of sp³-hybridized carbons (Fsp3) is 0.583. The van der Waals surface area contributed by atoms with Gasteiger partial charge < -0.3 is 4.74 Å². The number of hydrogen-bond acceptors (Lipinski definition) is 5. The molecule has 1 saturated heterocycles. The molecule has 3 fully saturated rings. The molecular weight excluding hydrogens is 506 g/mol. The van der Waals surface area contributed by atoms with E-state index in [4.69, 9.17) is 4.74 Å². The molecule has 7 atom stereocenters. The Morgan fingerprint density at radius 1 is 1.05 bits per heavy atom. The van der Waals surface area contributed by atoms with Gasteiger partial charge in [0.2, 0.25) is 0 Å². The molecule has 0 aromatic carbocycles. The maximum Gasteiger partial charge on any atom is 0.130 e. The van der Waals surface area contributed by atoms with Crippen molar-refractivity contribution in [2.24, 2.45) is 33.3 Å². The number of fused-ring (bicyclic) bond motifs is 4. The Morgan fingerprint density at radius 3 is 2.68 bits per heavy atom. The van der Waals surface area contributed by atoms with E-state index < -0.39 is 5.54 Å². The van der Waals surface area contributed by atoms with Crippen molar-refractivity contribution in [1.29, 1.82) is 0 Å². The van der Waals surface area contributed by atoms with Crippen LogP contribution in [-0.2, 0) is 4.74 Å². The molecule has 0 aromatic rings. The number of allylic oxidation sites excluding steroid dienone is 9. The van der Waals surface area contributed by atoms with Gasteiger partial charge in [-0.1, -0.05) is 73.4 Å². The summed E-state index contributed by atoms with van der Waals surface area (Å²) in [7, 11) is 0. The van der Waals surface area contributed by atoms with Crippen LogP contribution in [0.5, 0.6) is 0 Å². The largest absolute Gasteiger partial charge is 0.379 e. The first kappa shape index (κ1) is 28.5. The van der Waals surface area contributed by atoms with Gasteiger partial charge in [-0.05, 0) is 104 Å². The second kappa shape index (κ2) is 11.6. The van der Waals surface area contributed by atoms with Crippen LogP contribution in [0.3, 0.4) is 0 Å². The summed E-state index contributed by atoms with van der Waals surface area (Å²) in [5.41, 5.74) is 5.26. The van der Waals surface area contributed by atoms with E-state index in [0.29, 0.717) is 17.9 Å². The van der Waals surface area contributed by atoms with Gasteiger partial charge >= 0.3 is 0 Å². The van der Waals surface area contributed by atoms with Crippen molar-refractivity contribution < 1.29 is 4.74 Å². The third kappa shape index (κ3) is 5.36. The molecule has 4 aliphatic carbocycles. The first-order valence-corrected chi connectivity index (χ1v) is 15.9. The van der Waals surface area contributed by atoms with Gasteiger partial charge in [-0.25, -0.2) is 0 Å². The average Bonchev–Trinajstić information content (AvgIpc) is 3.24. The quantitative estimate of drug-likeness (QED) is 0.337. The Kier molecular flexibility index (Phi) is 8.04. The highest BCUT2D eigenvalue weighted by Crippen LogP contribution is 2.64. The number of rotatable bonds is 3. The van der Waals surface area contributed by atoms with Gasteiger partial charge in [0.15, 0.2) is 0 Å². The molecule has 0 amide bonds. The van der Waals surface area contributed by atoms with Gasteiger partial charge in [-0.2, -0.15) is 0 Å². The zero-order valence-corrected chi connectivity index (χ0v) is 25.1. The van der Waals surface area contributed by atoms with Gasteiger partial charge in [0.05, 0.1) is 19.3 Å². The zero-order valence-electron chi connectivity index (χ0n) is 25.1. The lowest BCUT2D eigenvalue weighted by Crippen LogP contribution is -2.48. The summed E-state index contributed by atoms with van der Waals surface area (Å²) in [6.07, 6.45) is 25.9. The molecule has 2 aliphatic heterocycles. The molecule has 6 rings (SSSR count). The van der Waals surface area contributed by atoms with Gasteiger partial charge in [0, 0.05) is 25.3 Å². The minimum atomic E-state index is -0.626. The molecule has 3 unspecified atom stereocenters. The van der Waals surface area contributed by atoms with E-state index >= 15 is 0 Å². The molecule has 0 spiro atoms. The number of ether oxygens (including phenoxy) is 1. The van der Waals surface area contributed by atoms with Crippen LogP contribution < -0.4 is 0 Å². The fourth-order valence-electron chi connectivity index (χ4n) is 9.02. The van der Waals surface area contributed by atoms with Crippen molar-refractivity contribution in [2.75, 3.05) is 26.3 Å². The first-order chi connectivity index (χ1) is 19.8. The van der Waals surface area contributed by atoms with Gasteiger partial charge in [0.25, 0.3) is 0 Å². The number of nitrogens with zero attached hydrogens (tertiary/aromatic N) is 3. The zero-order chi connectivity index (χ0) is 28.6. The van der Waals surface area contributed by atoms with Crippen LogP contribution in [0.1, 0.15) is 65.2 Å². The second-order valence-electron chi connectivity index (χ2n) is 13.6. The molecular formula is C36H47N3O2. The van der Waals surface area contributed by atoms with Crippen LogP contribution in [0.25, 0.3) is 0 Å². The molecule has 41 heavy (non-hydrogen) atoms. The van der Waals surface area contributed by atoms with Crippen LogP contribution in [0.2, 0.25) is 0 Å². The van der Waals surface area contributed by atoms with Gasteiger partial charge in [-0.3, -0.25) is 9.89 Å². The summed E-state index contributed by atoms with van der Waals surface area (Å²) in [6, 6.07) is 0.717. The highest BCUT2D eigenvalue weighted by molar-refractivity contribution is 5.82. The van der Waals surface area contributed by atoms with E-state index in [1.54, 1.807) is 5.57 Å². The third-order valence-corrected chi connectivity index (χ3v) is 11.3. The lowest BCUT2D eigenvalue weighted by molar-refractivity contribution is 0.00642. The van der Waals surface area contributed by atoms with Crippen LogP contribution >= 0.6 is 0 Å². The summed E-state index contributed by atoms with van der Waals surface area (Å²) in [6.45, 7) is 16.8. The Balaban J connectivity index is 1.28. The molecule has 0 bridgehead atoms. The molecule has 2 saturated carbocycles. The predicted octanol–water partition coefficient (Wildman–Crippen LogP) is 7.70. The lowest BCUT2D eigenvalue weighted by Gasteiger charge is -2.48. The molecule has 218 valence electrons. The van der Waals surface area contributed by atoms with Crippen molar-refractivity contribution in [3.8, 4) is 0 Å². The molecule has 5 heteroatoms. The summed E-state index contributed by atoms with van der Waals surface area (Å²) < 4.78 is 5.62. The smallest absolute Gasteiger partial charge is 0.130 e. The Hall–Kier alpha value is -2.63. The third-order valence-electron chi connectivity index (χ3n) is 11.3. The lowest BCUT2D eigenvalue weighted by atomic mass is 9.56. The summed E-state index contributed by atoms with van der Waals surface area (Å²) in [4.78, 5) is 20.4. The van der Waals surface area contributed by atoms with Gasteiger partial charge in [-0.15, -0.1) is 4.91 Å². The summed E-state index contributed by atoms with van der Waals surface area (Å²) in [5.74, 6) is 1.12. The highest BCUT2D eigenvalue weighted by Gasteiger charge is 2.60. The topological polar surface area (TPSA) is 54.3 Å². The number of morpholine rings is 1. The first-order valence-electron chi connectivity index (χ1n) is 15.9. The monoisotopic (exact) mass is 553 g/mol. The van der Waals surface area contributed by atoms with E-state index in [9.17, 15) is 4.91 Å². The molecule has 0 N–H and O–H groups in total. The maximum atomic E-state index is 13.1. The average molecular weight is 554 g/mol. The van der Waals surface area contributed by atoms with E-state index in [1.807, 2.05) is 12.3 Å².